The summed E-state index contributed by atoms with van der Waals surface area (Å²) < 4.78 is 20.0. The molecule has 2 aromatic carbocycles. The van der Waals surface area contributed by atoms with Crippen molar-refractivity contribution in [1.29, 1.82) is 0 Å². The van der Waals surface area contributed by atoms with Crippen LogP contribution in [0, 0.1) is 19.7 Å². The number of halogens is 1. The number of aromatic nitrogens is 1. The molecule has 0 saturated carbocycles. The van der Waals surface area contributed by atoms with Gasteiger partial charge in [-0.15, -0.1) is 0 Å². The molecule has 0 aliphatic rings. The number of ether oxygens (including phenoxy) is 1. The van der Waals surface area contributed by atoms with Gasteiger partial charge in [-0.25, -0.2) is 9.18 Å². The number of carbonyl (C=O) groups excluding carboxylic acids is 3. The molecule has 1 N–H and O–H groups in total. The lowest BCUT2D eigenvalue weighted by Crippen LogP contribution is -2.34. The number of amides is 2. The maximum absolute atomic E-state index is 13.2. The van der Waals surface area contributed by atoms with Crippen LogP contribution in [-0.4, -0.2) is 29.0 Å². The Labute approximate surface area is 166 Å². The fourth-order valence-corrected chi connectivity index (χ4v) is 2.99. The Hall–Kier alpha value is -3.74. The molecule has 1 aromatic heterocycles. The predicted octanol–water partition coefficient (Wildman–Crippen LogP) is 3.35. The molecule has 29 heavy (non-hydrogen) atoms. The molecule has 0 aliphatic carbocycles. The maximum atomic E-state index is 13.2. The first kappa shape index (κ1) is 20.0. The lowest BCUT2D eigenvalue weighted by Gasteiger charge is -2.10. The minimum atomic E-state index is -0.723. The van der Waals surface area contributed by atoms with Gasteiger partial charge < -0.3 is 9.30 Å². The van der Waals surface area contributed by atoms with E-state index in [0.717, 1.165) is 5.69 Å². The zero-order chi connectivity index (χ0) is 21.0. The molecular weight excluding hydrogens is 375 g/mol. The molecule has 6 nitrogen and oxygen atoms in total. The Morgan fingerprint density at radius 2 is 1.66 bits per heavy atom. The third kappa shape index (κ3) is 4.57. The van der Waals surface area contributed by atoms with Crippen LogP contribution in [0.15, 0.2) is 60.7 Å². The molecule has 0 saturated heterocycles. The minimum absolute atomic E-state index is 0.286. The molecule has 3 aromatic rings. The van der Waals surface area contributed by atoms with E-state index in [1.807, 2.05) is 0 Å². The Balaban J connectivity index is 1.65. The average molecular weight is 394 g/mol. The number of hydrogen-bond donors (Lipinski definition) is 1. The van der Waals surface area contributed by atoms with Crippen LogP contribution in [0.1, 0.15) is 32.1 Å². The molecule has 0 radical (unpaired) electrons. The molecule has 148 valence electrons. The van der Waals surface area contributed by atoms with E-state index < -0.39 is 24.4 Å². The van der Waals surface area contributed by atoms with Crippen LogP contribution in [0.3, 0.4) is 0 Å². The van der Waals surface area contributed by atoms with Crippen molar-refractivity contribution in [3.8, 4) is 5.69 Å². The van der Waals surface area contributed by atoms with Crippen LogP contribution in [0.2, 0.25) is 0 Å². The molecule has 0 fully saturated rings. The van der Waals surface area contributed by atoms with Gasteiger partial charge in [-0.2, -0.15) is 0 Å². The molecular formula is C22H19FN2O4. The van der Waals surface area contributed by atoms with Crippen molar-refractivity contribution in [2.24, 2.45) is 0 Å². The Morgan fingerprint density at radius 1 is 1.00 bits per heavy atom. The van der Waals surface area contributed by atoms with Crippen molar-refractivity contribution >= 4 is 17.8 Å². The number of imide groups is 1. The second-order valence-corrected chi connectivity index (χ2v) is 6.42. The maximum Gasteiger partial charge on any atom is 0.340 e. The first-order valence-electron chi connectivity index (χ1n) is 8.88. The van der Waals surface area contributed by atoms with Crippen molar-refractivity contribution in [2.75, 3.05) is 6.61 Å². The van der Waals surface area contributed by atoms with Gasteiger partial charge >= 0.3 is 5.97 Å². The Bertz CT molecular complexity index is 1060. The number of nitrogens with one attached hydrogen (secondary N) is 1. The van der Waals surface area contributed by atoms with E-state index in [4.69, 9.17) is 4.74 Å². The highest BCUT2D eigenvalue weighted by Gasteiger charge is 2.19. The van der Waals surface area contributed by atoms with E-state index >= 15 is 0 Å². The summed E-state index contributed by atoms with van der Waals surface area (Å²) in [5, 5.41) is 2.17. The van der Waals surface area contributed by atoms with Gasteiger partial charge in [-0.1, -0.05) is 18.2 Å². The van der Waals surface area contributed by atoms with Crippen molar-refractivity contribution in [3.05, 3.63) is 89.0 Å². The Morgan fingerprint density at radius 3 is 2.31 bits per heavy atom. The normalized spacial score (nSPS) is 10.4. The average Bonchev–Trinajstić information content (AvgIpc) is 3.01. The number of esters is 1. The lowest BCUT2D eigenvalue weighted by atomic mass is 10.2. The van der Waals surface area contributed by atoms with Gasteiger partial charge in [-0.05, 0) is 56.3 Å². The molecule has 7 heteroatoms. The number of benzene rings is 2. The third-order valence-electron chi connectivity index (χ3n) is 4.36. The molecule has 3 rings (SSSR count). The van der Waals surface area contributed by atoms with E-state index in [9.17, 15) is 18.8 Å². The van der Waals surface area contributed by atoms with E-state index in [1.54, 1.807) is 66.9 Å². The topological polar surface area (TPSA) is 77.4 Å². The molecule has 0 atom stereocenters. The smallest absolute Gasteiger partial charge is 0.340 e. The van der Waals surface area contributed by atoms with Gasteiger partial charge in [0.25, 0.3) is 11.8 Å². The van der Waals surface area contributed by atoms with Gasteiger partial charge in [0.2, 0.25) is 0 Å². The molecule has 0 unspecified atom stereocenters. The second-order valence-electron chi connectivity index (χ2n) is 6.42. The molecule has 0 bridgehead atoms. The molecule has 0 aliphatic heterocycles. The monoisotopic (exact) mass is 394 g/mol. The zero-order valence-corrected chi connectivity index (χ0v) is 15.9. The first-order chi connectivity index (χ1) is 13.9. The Kier molecular flexibility index (Phi) is 5.87. The highest BCUT2D eigenvalue weighted by atomic mass is 19.1. The number of hydrogen-bond acceptors (Lipinski definition) is 4. The quantitative estimate of drug-likeness (QED) is 0.674. The van der Waals surface area contributed by atoms with Gasteiger partial charge in [0.1, 0.15) is 5.82 Å². The van der Waals surface area contributed by atoms with Crippen molar-refractivity contribution in [1.82, 2.24) is 9.88 Å². The van der Waals surface area contributed by atoms with Gasteiger partial charge in [0.05, 0.1) is 5.56 Å². The summed E-state index contributed by atoms with van der Waals surface area (Å²) in [6.07, 6.45) is 0. The summed E-state index contributed by atoms with van der Waals surface area (Å²) in [5.41, 5.74) is 2.67. The van der Waals surface area contributed by atoms with Crippen molar-refractivity contribution in [3.63, 3.8) is 0 Å². The van der Waals surface area contributed by atoms with E-state index in [0.29, 0.717) is 16.9 Å². The zero-order valence-electron chi connectivity index (χ0n) is 15.9. The fraction of sp³-hybridized carbons (Fsp3) is 0.136. The summed E-state index contributed by atoms with van der Waals surface area (Å²) in [7, 11) is 0. The van der Waals surface area contributed by atoms with Gasteiger partial charge in [-0.3, -0.25) is 14.9 Å². The number of nitrogens with zero attached hydrogens (tertiary/aromatic N) is 1. The SMILES string of the molecule is Cc1cc(C(=O)OCC(=O)NC(=O)c2ccccc2)c(C)n1-c1ccc(F)cc1. The fourth-order valence-electron chi connectivity index (χ4n) is 2.99. The van der Waals surface area contributed by atoms with E-state index in [1.165, 1.54) is 12.1 Å². The summed E-state index contributed by atoms with van der Waals surface area (Å²) in [5.74, 6) is -2.33. The van der Waals surface area contributed by atoms with Crippen LogP contribution >= 0.6 is 0 Å². The first-order valence-corrected chi connectivity index (χ1v) is 8.88. The number of carbonyl (C=O) groups is 3. The highest BCUT2D eigenvalue weighted by molar-refractivity contribution is 6.05. The van der Waals surface area contributed by atoms with E-state index in [-0.39, 0.29) is 11.4 Å². The van der Waals surface area contributed by atoms with Crippen molar-refractivity contribution < 1.29 is 23.5 Å². The molecule has 0 spiro atoms. The van der Waals surface area contributed by atoms with Gasteiger partial charge in [0.15, 0.2) is 6.61 Å². The highest BCUT2D eigenvalue weighted by Crippen LogP contribution is 2.21. The van der Waals surface area contributed by atoms with Crippen LogP contribution in [0.25, 0.3) is 5.69 Å². The van der Waals surface area contributed by atoms with Crippen LogP contribution in [0.4, 0.5) is 4.39 Å². The standard InChI is InChI=1S/C22H19FN2O4/c1-14-12-19(15(2)25(14)18-10-8-17(23)9-11-18)22(28)29-13-20(26)24-21(27)16-6-4-3-5-7-16/h3-12H,13H2,1-2H3,(H,24,26,27). The summed E-state index contributed by atoms with van der Waals surface area (Å²) in [6, 6.07) is 15.8. The minimum Gasteiger partial charge on any atom is -0.452 e. The summed E-state index contributed by atoms with van der Waals surface area (Å²) in [4.78, 5) is 36.3. The lowest BCUT2D eigenvalue weighted by molar-refractivity contribution is -0.123. The number of rotatable bonds is 5. The largest absolute Gasteiger partial charge is 0.452 e. The van der Waals surface area contributed by atoms with Crippen LogP contribution < -0.4 is 5.32 Å². The number of aryl methyl sites for hydroxylation is 1. The third-order valence-corrected chi connectivity index (χ3v) is 4.36. The van der Waals surface area contributed by atoms with Crippen LogP contribution in [0.5, 0.6) is 0 Å². The van der Waals surface area contributed by atoms with Crippen LogP contribution in [-0.2, 0) is 9.53 Å². The van der Waals surface area contributed by atoms with Crippen molar-refractivity contribution in [2.45, 2.75) is 13.8 Å². The predicted molar refractivity (Wildman–Crippen MR) is 104 cm³/mol. The summed E-state index contributed by atoms with van der Waals surface area (Å²) in [6.45, 7) is 2.95. The molecule has 2 amide bonds. The summed E-state index contributed by atoms with van der Waals surface area (Å²) >= 11 is 0. The second kappa shape index (κ2) is 8.52. The van der Waals surface area contributed by atoms with E-state index in [2.05, 4.69) is 5.32 Å². The molecule has 1 heterocycles. The van der Waals surface area contributed by atoms with Gasteiger partial charge in [0, 0.05) is 22.6 Å².